The van der Waals surface area contributed by atoms with Gasteiger partial charge >= 0.3 is 0 Å². The fourth-order valence-corrected chi connectivity index (χ4v) is 2.39. The molecule has 1 heterocycles. The number of benzene rings is 2. The van der Waals surface area contributed by atoms with Crippen LogP contribution in [0.15, 0.2) is 48.5 Å². The molecular formula is C17H18N2O2. The number of fused-ring (bicyclic) bond motifs is 1. The molecule has 0 bridgehead atoms. The van der Waals surface area contributed by atoms with Gasteiger partial charge < -0.3 is 10.1 Å². The van der Waals surface area contributed by atoms with E-state index in [1.807, 2.05) is 55.5 Å². The molecule has 3 rings (SSSR count). The molecule has 4 heteroatoms. The summed E-state index contributed by atoms with van der Waals surface area (Å²) in [5.41, 5.74) is 3.10. The molecule has 4 nitrogen and oxygen atoms in total. The summed E-state index contributed by atoms with van der Waals surface area (Å²) in [5.74, 6) is 0.845. The van der Waals surface area contributed by atoms with E-state index in [0.717, 1.165) is 17.0 Å². The van der Waals surface area contributed by atoms with Gasteiger partial charge in [0, 0.05) is 11.3 Å². The number of carbonyl (C=O) groups is 1. The van der Waals surface area contributed by atoms with E-state index in [4.69, 9.17) is 4.74 Å². The Morgan fingerprint density at radius 3 is 2.76 bits per heavy atom. The first-order valence-corrected chi connectivity index (χ1v) is 7.04. The Hall–Kier alpha value is -2.33. The van der Waals surface area contributed by atoms with E-state index in [1.165, 1.54) is 5.56 Å². The van der Waals surface area contributed by atoms with Crippen molar-refractivity contribution in [3.8, 4) is 5.75 Å². The summed E-state index contributed by atoms with van der Waals surface area (Å²) in [5, 5.41) is 6.11. The molecule has 0 saturated heterocycles. The zero-order chi connectivity index (χ0) is 14.7. The Labute approximate surface area is 124 Å². The Kier molecular flexibility index (Phi) is 3.88. The predicted molar refractivity (Wildman–Crippen MR) is 82.5 cm³/mol. The van der Waals surface area contributed by atoms with Crippen LogP contribution in [-0.4, -0.2) is 19.1 Å². The van der Waals surface area contributed by atoms with Gasteiger partial charge in [0.05, 0.1) is 12.6 Å². The lowest BCUT2D eigenvalue weighted by molar-refractivity contribution is -0.115. The van der Waals surface area contributed by atoms with Crippen LogP contribution in [0.25, 0.3) is 0 Å². The normalized spacial score (nSPS) is 16.1. The highest BCUT2D eigenvalue weighted by Crippen LogP contribution is 2.31. The zero-order valence-electron chi connectivity index (χ0n) is 11.9. The number of rotatable bonds is 4. The molecule has 2 aromatic rings. The van der Waals surface area contributed by atoms with Crippen molar-refractivity contribution in [3.05, 3.63) is 59.7 Å². The number of hydrogen-bond donors (Lipinski definition) is 2. The minimum Gasteiger partial charge on any atom is -0.491 e. The third-order valence-electron chi connectivity index (χ3n) is 3.54. The van der Waals surface area contributed by atoms with Crippen LogP contribution in [0.5, 0.6) is 5.75 Å². The lowest BCUT2D eigenvalue weighted by Crippen LogP contribution is -2.32. The zero-order valence-corrected chi connectivity index (χ0v) is 11.9. The monoisotopic (exact) mass is 282 g/mol. The van der Waals surface area contributed by atoms with E-state index < -0.39 is 0 Å². The van der Waals surface area contributed by atoms with Gasteiger partial charge in [0.1, 0.15) is 12.4 Å². The number of para-hydroxylation sites is 1. The lowest BCUT2D eigenvalue weighted by atomic mass is 10.1. The highest BCUT2D eigenvalue weighted by Gasteiger charge is 2.23. The number of anilines is 1. The van der Waals surface area contributed by atoms with E-state index >= 15 is 0 Å². The highest BCUT2D eigenvalue weighted by molar-refractivity contribution is 5.92. The van der Waals surface area contributed by atoms with Crippen LogP contribution in [0.3, 0.4) is 0 Å². The Morgan fingerprint density at radius 2 is 1.95 bits per heavy atom. The van der Waals surface area contributed by atoms with Crippen LogP contribution in [0.2, 0.25) is 0 Å². The van der Waals surface area contributed by atoms with Crippen LogP contribution < -0.4 is 15.4 Å². The molecule has 21 heavy (non-hydrogen) atoms. The van der Waals surface area contributed by atoms with Crippen molar-refractivity contribution in [3.63, 3.8) is 0 Å². The molecule has 0 fully saturated rings. The van der Waals surface area contributed by atoms with E-state index in [2.05, 4.69) is 10.6 Å². The number of ether oxygens (including phenoxy) is 1. The number of carbonyl (C=O) groups excluding carboxylic acids is 1. The van der Waals surface area contributed by atoms with Gasteiger partial charge in [-0.2, -0.15) is 0 Å². The second-order valence-corrected chi connectivity index (χ2v) is 5.20. The van der Waals surface area contributed by atoms with Crippen molar-refractivity contribution in [2.75, 3.05) is 18.5 Å². The van der Waals surface area contributed by atoms with Crippen LogP contribution in [0, 0.1) is 6.92 Å². The number of aryl methyl sites for hydroxylation is 1. The summed E-state index contributed by atoms with van der Waals surface area (Å²) in [6.45, 7) is 2.85. The molecular weight excluding hydrogens is 264 g/mol. The average molecular weight is 282 g/mol. The van der Waals surface area contributed by atoms with Crippen LogP contribution in [0.1, 0.15) is 17.2 Å². The Bertz CT molecular complexity index is 637. The van der Waals surface area contributed by atoms with Gasteiger partial charge in [0.25, 0.3) is 0 Å². The minimum absolute atomic E-state index is 0.0526. The van der Waals surface area contributed by atoms with Crippen molar-refractivity contribution >= 4 is 11.6 Å². The summed E-state index contributed by atoms with van der Waals surface area (Å²) >= 11 is 0. The first kappa shape index (κ1) is 13.6. The maximum absolute atomic E-state index is 12.0. The molecule has 1 aliphatic heterocycles. The topological polar surface area (TPSA) is 50.4 Å². The quantitative estimate of drug-likeness (QED) is 0.906. The lowest BCUT2D eigenvalue weighted by Gasteiger charge is -2.11. The smallest absolute Gasteiger partial charge is 0.238 e. The average Bonchev–Trinajstić information content (AvgIpc) is 2.91. The van der Waals surface area contributed by atoms with Gasteiger partial charge in [0.2, 0.25) is 5.91 Å². The fraction of sp³-hybridized carbons (Fsp3) is 0.235. The molecule has 1 unspecified atom stereocenters. The molecule has 0 saturated carbocycles. The third kappa shape index (κ3) is 3.23. The number of nitrogens with one attached hydrogen (secondary N) is 2. The summed E-state index contributed by atoms with van der Waals surface area (Å²) in [4.78, 5) is 12.0. The van der Waals surface area contributed by atoms with Gasteiger partial charge in [-0.15, -0.1) is 0 Å². The molecule has 0 aliphatic carbocycles. The van der Waals surface area contributed by atoms with E-state index in [-0.39, 0.29) is 18.5 Å². The summed E-state index contributed by atoms with van der Waals surface area (Å²) in [7, 11) is 0. The molecule has 108 valence electrons. The van der Waals surface area contributed by atoms with Gasteiger partial charge in [0.15, 0.2) is 0 Å². The maximum atomic E-state index is 12.0. The Balaban J connectivity index is 1.54. The molecule has 1 amide bonds. The van der Waals surface area contributed by atoms with Crippen LogP contribution in [0.4, 0.5) is 5.69 Å². The summed E-state index contributed by atoms with van der Waals surface area (Å²) in [6.07, 6.45) is 0. The van der Waals surface area contributed by atoms with E-state index in [0.29, 0.717) is 6.61 Å². The van der Waals surface area contributed by atoms with E-state index in [9.17, 15) is 4.79 Å². The van der Waals surface area contributed by atoms with Gasteiger partial charge in [-0.1, -0.05) is 35.9 Å². The predicted octanol–water partition coefficient (Wildman–Crippen LogP) is 2.66. The van der Waals surface area contributed by atoms with Crippen molar-refractivity contribution in [1.82, 2.24) is 5.32 Å². The molecule has 1 atom stereocenters. The second-order valence-electron chi connectivity index (χ2n) is 5.20. The van der Waals surface area contributed by atoms with Crippen molar-refractivity contribution in [2.24, 2.45) is 0 Å². The van der Waals surface area contributed by atoms with E-state index in [1.54, 1.807) is 0 Å². The van der Waals surface area contributed by atoms with Gasteiger partial charge in [-0.3, -0.25) is 10.1 Å². The van der Waals surface area contributed by atoms with Crippen molar-refractivity contribution in [1.29, 1.82) is 0 Å². The molecule has 0 aromatic heterocycles. The third-order valence-corrected chi connectivity index (χ3v) is 3.54. The maximum Gasteiger partial charge on any atom is 0.238 e. The van der Waals surface area contributed by atoms with Crippen molar-refractivity contribution in [2.45, 2.75) is 13.0 Å². The second kappa shape index (κ2) is 5.97. The van der Waals surface area contributed by atoms with Crippen LogP contribution in [-0.2, 0) is 4.79 Å². The number of hydrogen-bond acceptors (Lipinski definition) is 3. The first-order valence-electron chi connectivity index (χ1n) is 7.04. The highest BCUT2D eigenvalue weighted by atomic mass is 16.5. The first-order chi connectivity index (χ1) is 10.2. The largest absolute Gasteiger partial charge is 0.491 e. The molecule has 0 spiro atoms. The fourth-order valence-electron chi connectivity index (χ4n) is 2.39. The molecule has 2 aromatic carbocycles. The minimum atomic E-state index is -0.0526. The molecule has 1 aliphatic rings. The summed E-state index contributed by atoms with van der Waals surface area (Å²) < 4.78 is 5.58. The molecule has 2 N–H and O–H groups in total. The molecule has 0 radical (unpaired) electrons. The van der Waals surface area contributed by atoms with Gasteiger partial charge in [-0.05, 0) is 25.1 Å². The van der Waals surface area contributed by atoms with Gasteiger partial charge in [-0.25, -0.2) is 0 Å². The van der Waals surface area contributed by atoms with Crippen LogP contribution >= 0.6 is 0 Å². The standard InChI is InChI=1S/C17H18N2O2/c1-12-6-8-13(9-7-12)19-17(20)10-18-15-11-21-16-5-3-2-4-14(15)16/h2-9,15,18H,10-11H2,1H3,(H,19,20). The summed E-state index contributed by atoms with van der Waals surface area (Å²) in [6, 6.07) is 15.7. The van der Waals surface area contributed by atoms with Crippen molar-refractivity contribution < 1.29 is 9.53 Å². The Morgan fingerprint density at radius 1 is 1.19 bits per heavy atom. The SMILES string of the molecule is Cc1ccc(NC(=O)CNC2COc3ccccc32)cc1. The number of amides is 1.